The van der Waals surface area contributed by atoms with Gasteiger partial charge < -0.3 is 15.0 Å². The number of benzene rings is 3. The fraction of sp³-hybridized carbons (Fsp3) is 0.200. The molecule has 0 bridgehead atoms. The van der Waals surface area contributed by atoms with Crippen LogP contribution in [0, 0.1) is 17.6 Å². The normalized spacial score (nSPS) is 18.3. The minimum absolute atomic E-state index is 0.129. The number of amides is 2. The van der Waals surface area contributed by atoms with Gasteiger partial charge >= 0.3 is 0 Å². The van der Waals surface area contributed by atoms with Crippen LogP contribution in [0.25, 0.3) is 0 Å². The Bertz CT molecular complexity index is 1100. The van der Waals surface area contributed by atoms with Crippen molar-refractivity contribution in [2.24, 2.45) is 5.92 Å². The van der Waals surface area contributed by atoms with Crippen LogP contribution < -0.4 is 15.0 Å². The van der Waals surface area contributed by atoms with E-state index < -0.39 is 23.6 Å². The molecule has 1 N–H and O–H groups in total. The molecule has 0 spiro atoms. The van der Waals surface area contributed by atoms with E-state index in [2.05, 4.69) is 5.32 Å². The minimum Gasteiger partial charge on any atom is -0.497 e. The number of nitrogens with zero attached hydrogens (tertiary/aromatic N) is 1. The lowest BCUT2D eigenvalue weighted by molar-refractivity contribution is -0.125. The average molecular weight is 436 g/mol. The zero-order valence-electron chi connectivity index (χ0n) is 17.4. The maximum absolute atomic E-state index is 13.6. The third kappa shape index (κ3) is 4.46. The molecule has 5 nitrogen and oxygen atoms in total. The lowest BCUT2D eigenvalue weighted by atomic mass is 9.83. The smallest absolute Gasteiger partial charge is 0.229 e. The number of ether oxygens (including phenoxy) is 1. The molecule has 0 radical (unpaired) electrons. The summed E-state index contributed by atoms with van der Waals surface area (Å²) in [6.07, 6.45) is 0.520. The van der Waals surface area contributed by atoms with E-state index in [0.717, 1.165) is 0 Å². The number of hydrogen-bond acceptors (Lipinski definition) is 3. The van der Waals surface area contributed by atoms with Crippen LogP contribution in [0.5, 0.6) is 5.75 Å². The van der Waals surface area contributed by atoms with Crippen LogP contribution in [0.4, 0.5) is 20.2 Å². The Morgan fingerprint density at radius 1 is 0.938 bits per heavy atom. The molecular weight excluding hydrogens is 414 g/mol. The molecule has 1 saturated heterocycles. The fourth-order valence-electron chi connectivity index (χ4n) is 4.02. The van der Waals surface area contributed by atoms with Crippen molar-refractivity contribution in [3.05, 3.63) is 90.0 Å². The summed E-state index contributed by atoms with van der Waals surface area (Å²) in [5.74, 6) is -1.18. The van der Waals surface area contributed by atoms with Gasteiger partial charge in [-0.1, -0.05) is 12.1 Å². The lowest BCUT2D eigenvalue weighted by Crippen LogP contribution is -2.47. The Kier molecular flexibility index (Phi) is 6.16. The molecule has 1 fully saturated rings. The topological polar surface area (TPSA) is 58.6 Å². The first-order valence-corrected chi connectivity index (χ1v) is 10.2. The average Bonchev–Trinajstić information content (AvgIpc) is 2.81. The Morgan fingerprint density at radius 2 is 1.53 bits per heavy atom. The molecule has 2 atom stereocenters. The van der Waals surface area contributed by atoms with E-state index >= 15 is 0 Å². The standard InChI is InChI=1S/C25H22F2N2O3/c1-32-21-12-10-20(11-13-21)29-23(30)15-14-22(24(29)16-2-4-17(26)5-3-16)25(31)28-19-8-6-18(27)7-9-19/h2-13,22,24H,14-15H2,1H3,(H,28,31). The Balaban J connectivity index is 1.72. The molecule has 7 heteroatoms. The Morgan fingerprint density at radius 3 is 2.12 bits per heavy atom. The minimum atomic E-state index is -0.634. The third-order valence-corrected chi connectivity index (χ3v) is 5.61. The molecular formula is C25H22F2N2O3. The van der Waals surface area contributed by atoms with Crippen LogP contribution in [0.2, 0.25) is 0 Å². The highest BCUT2D eigenvalue weighted by molar-refractivity contribution is 6.00. The summed E-state index contributed by atoms with van der Waals surface area (Å²) in [5, 5.41) is 2.82. The van der Waals surface area contributed by atoms with Gasteiger partial charge in [0.15, 0.2) is 0 Å². The monoisotopic (exact) mass is 436 g/mol. The number of nitrogens with one attached hydrogen (secondary N) is 1. The Labute approximate surface area is 184 Å². The number of halogens is 2. The first-order valence-electron chi connectivity index (χ1n) is 10.2. The van der Waals surface area contributed by atoms with Crippen molar-refractivity contribution >= 4 is 23.2 Å². The highest BCUT2D eigenvalue weighted by Crippen LogP contribution is 2.41. The molecule has 3 aromatic rings. The van der Waals surface area contributed by atoms with E-state index in [9.17, 15) is 18.4 Å². The van der Waals surface area contributed by atoms with Crippen molar-refractivity contribution in [1.82, 2.24) is 0 Å². The van der Waals surface area contributed by atoms with Gasteiger partial charge in [-0.05, 0) is 72.6 Å². The van der Waals surface area contributed by atoms with Crippen LogP contribution in [-0.2, 0) is 9.59 Å². The number of piperidine rings is 1. The SMILES string of the molecule is COc1ccc(N2C(=O)CCC(C(=O)Nc3ccc(F)cc3)C2c2ccc(F)cc2)cc1. The number of methoxy groups -OCH3 is 1. The number of anilines is 2. The summed E-state index contributed by atoms with van der Waals surface area (Å²) in [6, 6.07) is 17.7. The second-order valence-corrected chi connectivity index (χ2v) is 7.60. The zero-order valence-corrected chi connectivity index (χ0v) is 17.4. The van der Waals surface area contributed by atoms with E-state index in [-0.39, 0.29) is 18.2 Å². The number of rotatable bonds is 5. The predicted molar refractivity (Wildman–Crippen MR) is 117 cm³/mol. The van der Waals surface area contributed by atoms with Crippen molar-refractivity contribution < 1.29 is 23.1 Å². The van der Waals surface area contributed by atoms with Gasteiger partial charge in [0.2, 0.25) is 11.8 Å². The summed E-state index contributed by atoms with van der Waals surface area (Å²) in [6.45, 7) is 0. The van der Waals surface area contributed by atoms with Crippen LogP contribution in [0.3, 0.4) is 0 Å². The first kappa shape index (κ1) is 21.5. The molecule has 1 aliphatic rings. The largest absolute Gasteiger partial charge is 0.497 e. The second-order valence-electron chi connectivity index (χ2n) is 7.60. The van der Waals surface area contributed by atoms with Gasteiger partial charge in [-0.25, -0.2) is 8.78 Å². The summed E-state index contributed by atoms with van der Waals surface area (Å²) < 4.78 is 32.0. The molecule has 0 aliphatic carbocycles. The van der Waals surface area contributed by atoms with Crippen LogP contribution in [0.15, 0.2) is 72.8 Å². The molecule has 0 saturated carbocycles. The van der Waals surface area contributed by atoms with Crippen LogP contribution in [0.1, 0.15) is 24.4 Å². The van der Waals surface area contributed by atoms with Crippen LogP contribution in [-0.4, -0.2) is 18.9 Å². The van der Waals surface area contributed by atoms with E-state index in [4.69, 9.17) is 4.74 Å². The second kappa shape index (κ2) is 9.18. The third-order valence-electron chi connectivity index (χ3n) is 5.61. The fourth-order valence-corrected chi connectivity index (χ4v) is 4.02. The summed E-state index contributed by atoms with van der Waals surface area (Å²) in [7, 11) is 1.55. The van der Waals surface area contributed by atoms with Gasteiger partial charge in [0.05, 0.1) is 19.1 Å². The summed E-state index contributed by atoms with van der Waals surface area (Å²) >= 11 is 0. The van der Waals surface area contributed by atoms with Crippen molar-refractivity contribution in [3.63, 3.8) is 0 Å². The maximum Gasteiger partial charge on any atom is 0.229 e. The van der Waals surface area contributed by atoms with Crippen molar-refractivity contribution in [2.45, 2.75) is 18.9 Å². The molecule has 32 heavy (non-hydrogen) atoms. The molecule has 3 aromatic carbocycles. The van der Waals surface area contributed by atoms with Gasteiger partial charge in [-0.2, -0.15) is 0 Å². The van der Waals surface area contributed by atoms with E-state index in [1.165, 1.54) is 36.4 Å². The van der Waals surface area contributed by atoms with E-state index in [0.29, 0.717) is 29.1 Å². The molecule has 4 rings (SSSR count). The number of carbonyl (C=O) groups is 2. The van der Waals surface area contributed by atoms with E-state index in [1.54, 1.807) is 48.4 Å². The summed E-state index contributed by atoms with van der Waals surface area (Å²) in [4.78, 5) is 27.8. The number of hydrogen-bond donors (Lipinski definition) is 1. The highest BCUT2D eigenvalue weighted by Gasteiger charge is 2.41. The Hall–Kier alpha value is -3.74. The zero-order chi connectivity index (χ0) is 22.7. The first-order chi connectivity index (χ1) is 15.5. The van der Waals surface area contributed by atoms with Gasteiger partial charge in [0, 0.05) is 17.8 Å². The van der Waals surface area contributed by atoms with Crippen molar-refractivity contribution in [1.29, 1.82) is 0 Å². The molecule has 1 aliphatic heterocycles. The van der Waals surface area contributed by atoms with Gasteiger partial charge in [-0.15, -0.1) is 0 Å². The van der Waals surface area contributed by atoms with Crippen molar-refractivity contribution in [2.75, 3.05) is 17.3 Å². The van der Waals surface area contributed by atoms with Gasteiger partial charge in [0.1, 0.15) is 17.4 Å². The van der Waals surface area contributed by atoms with Gasteiger partial charge in [-0.3, -0.25) is 9.59 Å². The molecule has 0 aromatic heterocycles. The van der Waals surface area contributed by atoms with E-state index in [1.807, 2.05) is 0 Å². The van der Waals surface area contributed by atoms with Gasteiger partial charge in [0.25, 0.3) is 0 Å². The molecule has 164 valence electrons. The quantitative estimate of drug-likeness (QED) is 0.606. The molecule has 2 amide bonds. The highest BCUT2D eigenvalue weighted by atomic mass is 19.1. The number of carbonyl (C=O) groups excluding carboxylic acids is 2. The lowest BCUT2D eigenvalue weighted by Gasteiger charge is -2.41. The summed E-state index contributed by atoms with van der Waals surface area (Å²) in [5.41, 5.74) is 1.72. The molecule has 2 unspecified atom stereocenters. The van der Waals surface area contributed by atoms with Crippen LogP contribution >= 0.6 is 0 Å². The predicted octanol–water partition coefficient (Wildman–Crippen LogP) is 5.10. The molecule has 1 heterocycles. The van der Waals surface area contributed by atoms with Crippen molar-refractivity contribution in [3.8, 4) is 5.75 Å². The maximum atomic E-state index is 13.6.